The van der Waals surface area contributed by atoms with Crippen molar-refractivity contribution in [2.24, 2.45) is 5.92 Å². The number of nitrogens with one attached hydrogen (secondary N) is 2. The highest BCUT2D eigenvalue weighted by Gasteiger charge is 2.24. The third-order valence-corrected chi connectivity index (χ3v) is 5.97. The monoisotopic (exact) mass is 373 g/mol. The summed E-state index contributed by atoms with van der Waals surface area (Å²) < 4.78 is 29.6. The van der Waals surface area contributed by atoms with Crippen LogP contribution in [0.15, 0.2) is 54.6 Å². The van der Waals surface area contributed by atoms with Crippen molar-refractivity contribution in [1.82, 2.24) is 14.3 Å². The Bertz CT molecular complexity index is 809. The summed E-state index contributed by atoms with van der Waals surface area (Å²) in [6.07, 6.45) is 1.02. The third kappa shape index (κ3) is 5.64. The zero-order valence-electron chi connectivity index (χ0n) is 15.2. The number of aryl methyl sites for hydroxylation is 1. The molecule has 1 fully saturated rings. The predicted molar refractivity (Wildman–Crippen MR) is 105 cm³/mol. The van der Waals surface area contributed by atoms with Gasteiger partial charge in [0.05, 0.1) is 0 Å². The van der Waals surface area contributed by atoms with E-state index >= 15 is 0 Å². The maximum absolute atomic E-state index is 12.1. The van der Waals surface area contributed by atoms with Crippen molar-refractivity contribution in [3.05, 3.63) is 71.3 Å². The second kappa shape index (κ2) is 8.77. The maximum Gasteiger partial charge on any atom is 0.277 e. The average molecular weight is 374 g/mol. The van der Waals surface area contributed by atoms with E-state index in [0.717, 1.165) is 31.6 Å². The smallest absolute Gasteiger partial charge is 0.277 e. The highest BCUT2D eigenvalue weighted by atomic mass is 32.2. The van der Waals surface area contributed by atoms with Crippen LogP contribution >= 0.6 is 0 Å². The van der Waals surface area contributed by atoms with E-state index in [4.69, 9.17) is 0 Å². The Balaban J connectivity index is 1.43. The molecule has 0 aromatic heterocycles. The molecule has 0 radical (unpaired) electrons. The highest BCUT2D eigenvalue weighted by molar-refractivity contribution is 7.87. The predicted octanol–water partition coefficient (Wildman–Crippen LogP) is 2.44. The van der Waals surface area contributed by atoms with Crippen molar-refractivity contribution in [3.8, 4) is 0 Å². The quantitative estimate of drug-likeness (QED) is 0.747. The van der Waals surface area contributed by atoms with Crippen molar-refractivity contribution < 1.29 is 8.42 Å². The SMILES string of the molecule is Cc1ccccc1CN1CC[C@H](CNS(=O)(=O)NCc2ccccc2)C1. The Morgan fingerprint density at radius 3 is 2.54 bits per heavy atom. The molecule has 1 saturated heterocycles. The van der Waals surface area contributed by atoms with Crippen LogP contribution in [0.4, 0.5) is 0 Å². The lowest BCUT2D eigenvalue weighted by Gasteiger charge is -2.18. The van der Waals surface area contributed by atoms with Gasteiger partial charge < -0.3 is 0 Å². The van der Waals surface area contributed by atoms with E-state index in [0.29, 0.717) is 19.0 Å². The second-order valence-electron chi connectivity index (χ2n) is 6.97. The van der Waals surface area contributed by atoms with Gasteiger partial charge in [-0.15, -0.1) is 0 Å². The summed E-state index contributed by atoms with van der Waals surface area (Å²) in [5.74, 6) is 0.354. The normalized spacial score (nSPS) is 18.3. The molecule has 1 atom stereocenters. The summed E-state index contributed by atoms with van der Waals surface area (Å²) in [5.41, 5.74) is 3.60. The van der Waals surface area contributed by atoms with E-state index in [1.165, 1.54) is 11.1 Å². The topological polar surface area (TPSA) is 61.4 Å². The van der Waals surface area contributed by atoms with Crippen LogP contribution < -0.4 is 9.44 Å². The van der Waals surface area contributed by atoms with Crippen LogP contribution in [0, 0.1) is 12.8 Å². The molecule has 0 aliphatic carbocycles. The first kappa shape index (κ1) is 19.0. The number of nitrogens with zero attached hydrogens (tertiary/aromatic N) is 1. The number of rotatable bonds is 8. The van der Waals surface area contributed by atoms with Crippen molar-refractivity contribution >= 4 is 10.2 Å². The van der Waals surface area contributed by atoms with Gasteiger partial charge >= 0.3 is 0 Å². The second-order valence-corrected chi connectivity index (χ2v) is 8.56. The van der Waals surface area contributed by atoms with Crippen LogP contribution in [0.5, 0.6) is 0 Å². The van der Waals surface area contributed by atoms with E-state index in [2.05, 4.69) is 45.5 Å². The standard InChI is InChI=1S/C20H27N3O2S/c1-17-7-5-6-10-20(17)16-23-12-11-19(15-23)14-22-26(24,25)21-13-18-8-3-2-4-9-18/h2-10,19,21-22H,11-16H2,1H3/t19-/m1/s1. The molecule has 3 rings (SSSR count). The van der Waals surface area contributed by atoms with Crippen LogP contribution in [-0.2, 0) is 23.3 Å². The zero-order valence-corrected chi connectivity index (χ0v) is 16.0. The molecule has 5 nitrogen and oxygen atoms in total. The lowest BCUT2D eigenvalue weighted by Crippen LogP contribution is -2.39. The first-order chi connectivity index (χ1) is 12.5. The minimum atomic E-state index is -3.47. The van der Waals surface area contributed by atoms with E-state index in [1.807, 2.05) is 30.3 Å². The fourth-order valence-electron chi connectivity index (χ4n) is 3.30. The highest BCUT2D eigenvalue weighted by Crippen LogP contribution is 2.19. The molecule has 2 aromatic rings. The van der Waals surface area contributed by atoms with Crippen molar-refractivity contribution in [2.75, 3.05) is 19.6 Å². The van der Waals surface area contributed by atoms with E-state index in [9.17, 15) is 8.42 Å². The van der Waals surface area contributed by atoms with Gasteiger partial charge in [0.1, 0.15) is 0 Å². The molecule has 0 unspecified atom stereocenters. The molecule has 0 saturated carbocycles. The Labute approximate surface area is 156 Å². The van der Waals surface area contributed by atoms with Crippen molar-refractivity contribution in [3.63, 3.8) is 0 Å². The van der Waals surface area contributed by atoms with E-state index < -0.39 is 10.2 Å². The number of likely N-dealkylation sites (tertiary alicyclic amines) is 1. The first-order valence-electron chi connectivity index (χ1n) is 9.07. The summed E-state index contributed by atoms with van der Waals surface area (Å²) >= 11 is 0. The summed E-state index contributed by atoms with van der Waals surface area (Å²) in [5, 5.41) is 0. The number of benzene rings is 2. The number of hydrogen-bond acceptors (Lipinski definition) is 3. The Morgan fingerprint density at radius 2 is 1.77 bits per heavy atom. The largest absolute Gasteiger partial charge is 0.299 e. The summed E-state index contributed by atoms with van der Waals surface area (Å²) in [6.45, 7) is 5.79. The molecule has 26 heavy (non-hydrogen) atoms. The number of hydrogen-bond donors (Lipinski definition) is 2. The van der Waals surface area contributed by atoms with Gasteiger partial charge in [-0.05, 0) is 42.5 Å². The van der Waals surface area contributed by atoms with Crippen LogP contribution in [0.1, 0.15) is 23.1 Å². The third-order valence-electron chi connectivity index (χ3n) is 4.90. The van der Waals surface area contributed by atoms with Gasteiger partial charge in [0.25, 0.3) is 10.2 Å². The molecule has 140 valence electrons. The Hall–Kier alpha value is -1.73. The molecule has 0 spiro atoms. The van der Waals surface area contributed by atoms with Crippen LogP contribution in [-0.4, -0.2) is 33.0 Å². The summed E-state index contributed by atoms with van der Waals surface area (Å²) in [4.78, 5) is 2.40. The lowest BCUT2D eigenvalue weighted by atomic mass is 10.1. The molecule has 1 aliphatic heterocycles. The van der Waals surface area contributed by atoms with Gasteiger partial charge in [-0.3, -0.25) is 4.90 Å². The van der Waals surface area contributed by atoms with Crippen molar-refractivity contribution in [1.29, 1.82) is 0 Å². The first-order valence-corrected chi connectivity index (χ1v) is 10.6. The minimum Gasteiger partial charge on any atom is -0.299 e. The lowest BCUT2D eigenvalue weighted by molar-refractivity contribution is 0.316. The van der Waals surface area contributed by atoms with Crippen LogP contribution in [0.25, 0.3) is 0 Å². The molecule has 2 aromatic carbocycles. The molecule has 2 N–H and O–H groups in total. The van der Waals surface area contributed by atoms with Gasteiger partial charge in [-0.1, -0.05) is 54.6 Å². The summed E-state index contributed by atoms with van der Waals surface area (Å²) in [6, 6.07) is 18.0. The Kier molecular flexibility index (Phi) is 6.43. The van der Waals surface area contributed by atoms with Gasteiger partial charge in [0, 0.05) is 26.2 Å². The fraction of sp³-hybridized carbons (Fsp3) is 0.400. The summed E-state index contributed by atoms with van der Waals surface area (Å²) in [7, 11) is -3.47. The van der Waals surface area contributed by atoms with Crippen LogP contribution in [0.2, 0.25) is 0 Å². The molecule has 6 heteroatoms. The van der Waals surface area contributed by atoms with Gasteiger partial charge in [0.15, 0.2) is 0 Å². The Morgan fingerprint density at radius 1 is 1.04 bits per heavy atom. The van der Waals surface area contributed by atoms with Crippen molar-refractivity contribution in [2.45, 2.75) is 26.4 Å². The van der Waals surface area contributed by atoms with Gasteiger partial charge in [-0.25, -0.2) is 4.72 Å². The van der Waals surface area contributed by atoms with Crippen LogP contribution in [0.3, 0.4) is 0 Å². The molecule has 1 aliphatic rings. The molecule has 0 bridgehead atoms. The zero-order chi connectivity index (χ0) is 18.4. The van der Waals surface area contributed by atoms with Gasteiger partial charge in [-0.2, -0.15) is 13.1 Å². The molecular formula is C20H27N3O2S. The molecular weight excluding hydrogens is 346 g/mol. The van der Waals surface area contributed by atoms with E-state index in [1.54, 1.807) is 0 Å². The average Bonchev–Trinajstić information content (AvgIpc) is 3.09. The molecule has 1 heterocycles. The fourth-order valence-corrected chi connectivity index (χ4v) is 4.22. The van der Waals surface area contributed by atoms with E-state index in [-0.39, 0.29) is 0 Å². The minimum absolute atomic E-state index is 0.306. The maximum atomic E-state index is 12.1. The molecule has 0 amide bonds. The van der Waals surface area contributed by atoms with Gasteiger partial charge in [0.2, 0.25) is 0 Å².